The zero-order valence-electron chi connectivity index (χ0n) is 18.1. The quantitative estimate of drug-likeness (QED) is 0.566. The van der Waals surface area contributed by atoms with E-state index in [1.165, 1.54) is 5.56 Å². The minimum atomic E-state index is -1.28. The van der Waals surface area contributed by atoms with Crippen molar-refractivity contribution in [3.05, 3.63) is 77.4 Å². The van der Waals surface area contributed by atoms with Crippen LogP contribution in [0.25, 0.3) is 6.08 Å². The van der Waals surface area contributed by atoms with Crippen molar-refractivity contribution < 1.29 is 9.00 Å². The van der Waals surface area contributed by atoms with E-state index < -0.39 is 15.7 Å². The average molecular weight is 412 g/mol. The molecule has 0 aliphatic carbocycles. The molecule has 0 saturated heterocycles. The third-order valence-electron chi connectivity index (χ3n) is 4.68. The van der Waals surface area contributed by atoms with Crippen LogP contribution < -0.4 is 4.72 Å². The van der Waals surface area contributed by atoms with E-state index in [0.717, 1.165) is 12.0 Å². The van der Waals surface area contributed by atoms with Crippen molar-refractivity contribution in [3.8, 4) is 0 Å². The molecule has 0 aromatic heterocycles. The summed E-state index contributed by atoms with van der Waals surface area (Å²) >= 11 is 0. The number of carbonyl (C=O) groups is 1. The molecule has 1 N–H and O–H groups in total. The van der Waals surface area contributed by atoms with E-state index in [9.17, 15) is 9.00 Å². The van der Waals surface area contributed by atoms with E-state index in [2.05, 4.69) is 16.9 Å². The van der Waals surface area contributed by atoms with Crippen LogP contribution in [0.15, 0.2) is 66.2 Å². The van der Waals surface area contributed by atoms with Crippen LogP contribution in [-0.2, 0) is 22.2 Å². The maximum atomic E-state index is 13.1. The largest absolute Gasteiger partial charge is 0.294 e. The summed E-state index contributed by atoms with van der Waals surface area (Å²) in [6.07, 6.45) is 3.45. The molecule has 0 heterocycles. The second-order valence-electron chi connectivity index (χ2n) is 8.61. The molecule has 2 rings (SSSR count). The molecule has 3 nitrogen and oxygen atoms in total. The fraction of sp³-hybridized carbons (Fsp3) is 0.400. The fourth-order valence-corrected chi connectivity index (χ4v) is 3.80. The summed E-state index contributed by atoms with van der Waals surface area (Å²) in [6, 6.07) is 19.8. The van der Waals surface area contributed by atoms with Gasteiger partial charge in [-0.05, 0) is 50.8 Å². The number of benzene rings is 2. The van der Waals surface area contributed by atoms with Gasteiger partial charge in [0.1, 0.15) is 0 Å². The molecule has 0 amide bonds. The maximum absolute atomic E-state index is 13.1. The summed E-state index contributed by atoms with van der Waals surface area (Å²) in [5, 5.41) is 0. The van der Waals surface area contributed by atoms with E-state index in [4.69, 9.17) is 0 Å². The molecule has 156 valence electrons. The standard InChI is InChI=1S/C25H33NO2S/c1-19(2)24(27)22(18-21-14-10-7-11-15-21)23(26-29(28)25(3,4)5)17-16-20-12-8-6-9-13-20/h6-15,18-19,23,26H,16-17H2,1-5H3/b22-18-/t23-,29?/m0/s1. The van der Waals surface area contributed by atoms with Gasteiger partial charge in [0.2, 0.25) is 0 Å². The zero-order chi connectivity index (χ0) is 21.4. The van der Waals surface area contributed by atoms with Gasteiger partial charge < -0.3 is 0 Å². The summed E-state index contributed by atoms with van der Waals surface area (Å²) in [6.45, 7) is 9.64. The Hall–Kier alpha value is -2.04. The molecule has 1 unspecified atom stereocenters. The summed E-state index contributed by atoms with van der Waals surface area (Å²) in [4.78, 5) is 13.1. The highest BCUT2D eigenvalue weighted by Gasteiger charge is 2.28. The van der Waals surface area contributed by atoms with E-state index in [-0.39, 0.29) is 17.7 Å². The third kappa shape index (κ3) is 7.37. The predicted molar refractivity (Wildman–Crippen MR) is 124 cm³/mol. The molecular weight excluding hydrogens is 378 g/mol. The first kappa shape index (κ1) is 23.2. The number of rotatable bonds is 9. The van der Waals surface area contributed by atoms with Crippen molar-refractivity contribution in [1.29, 1.82) is 0 Å². The Morgan fingerprint density at radius 2 is 1.55 bits per heavy atom. The van der Waals surface area contributed by atoms with Crippen LogP contribution in [0.4, 0.5) is 0 Å². The average Bonchev–Trinajstić information content (AvgIpc) is 2.69. The van der Waals surface area contributed by atoms with Gasteiger partial charge in [0.15, 0.2) is 5.78 Å². The number of Topliss-reactive ketones (excluding diaryl/α,β-unsaturated/α-hetero) is 1. The number of hydrogen-bond donors (Lipinski definition) is 1. The first-order valence-corrected chi connectivity index (χ1v) is 11.4. The first-order chi connectivity index (χ1) is 13.7. The van der Waals surface area contributed by atoms with E-state index >= 15 is 0 Å². The van der Waals surface area contributed by atoms with Gasteiger partial charge in [-0.1, -0.05) is 74.5 Å². The Bertz CT molecular complexity index is 836. The van der Waals surface area contributed by atoms with Gasteiger partial charge in [0, 0.05) is 17.5 Å². The zero-order valence-corrected chi connectivity index (χ0v) is 19.0. The highest BCUT2D eigenvalue weighted by Crippen LogP contribution is 2.21. The molecule has 0 saturated carbocycles. The Morgan fingerprint density at radius 3 is 2.07 bits per heavy atom. The lowest BCUT2D eigenvalue weighted by Crippen LogP contribution is -2.42. The second-order valence-corrected chi connectivity index (χ2v) is 10.6. The van der Waals surface area contributed by atoms with Crippen LogP contribution in [0.1, 0.15) is 52.2 Å². The number of aryl methyl sites for hydroxylation is 1. The maximum Gasteiger partial charge on any atom is 0.163 e. The van der Waals surface area contributed by atoms with E-state index in [1.807, 2.05) is 89.2 Å². The molecule has 0 fully saturated rings. The first-order valence-electron chi connectivity index (χ1n) is 10.2. The van der Waals surface area contributed by atoms with Gasteiger partial charge in [-0.25, -0.2) is 8.93 Å². The van der Waals surface area contributed by atoms with Crippen LogP contribution in [-0.4, -0.2) is 20.8 Å². The fourth-order valence-electron chi connectivity index (χ4n) is 2.95. The van der Waals surface area contributed by atoms with Crippen LogP contribution >= 0.6 is 0 Å². The number of carbonyl (C=O) groups excluding carboxylic acids is 1. The van der Waals surface area contributed by atoms with Crippen molar-refractivity contribution in [1.82, 2.24) is 4.72 Å². The summed E-state index contributed by atoms with van der Waals surface area (Å²) in [5.41, 5.74) is 2.88. The van der Waals surface area contributed by atoms with E-state index in [1.54, 1.807) is 0 Å². The number of hydrogen-bond acceptors (Lipinski definition) is 2. The molecule has 4 heteroatoms. The predicted octanol–water partition coefficient (Wildman–Crippen LogP) is 5.35. The molecule has 0 aliphatic rings. The van der Waals surface area contributed by atoms with E-state index in [0.29, 0.717) is 12.0 Å². The molecule has 0 radical (unpaired) electrons. The van der Waals surface area contributed by atoms with Crippen molar-refractivity contribution in [2.45, 2.75) is 58.2 Å². The van der Waals surface area contributed by atoms with Crippen LogP contribution in [0, 0.1) is 5.92 Å². The summed E-state index contributed by atoms with van der Waals surface area (Å²) < 4.78 is 15.8. The van der Waals surface area contributed by atoms with Gasteiger partial charge in [0.25, 0.3) is 0 Å². The Labute approximate surface area is 178 Å². The Balaban J connectivity index is 2.40. The molecular formula is C25H33NO2S. The summed E-state index contributed by atoms with van der Waals surface area (Å²) in [5.74, 6) is -0.0422. The SMILES string of the molecule is CC(C)C(=O)/C(=C\c1ccccc1)[C@H](CCc1ccccc1)NS(=O)C(C)(C)C. The summed E-state index contributed by atoms with van der Waals surface area (Å²) in [7, 11) is -1.28. The number of nitrogens with one attached hydrogen (secondary N) is 1. The monoisotopic (exact) mass is 411 g/mol. The molecule has 2 aromatic rings. The van der Waals surface area contributed by atoms with Crippen molar-refractivity contribution in [2.24, 2.45) is 5.92 Å². The number of ketones is 1. The smallest absolute Gasteiger partial charge is 0.163 e. The van der Waals surface area contributed by atoms with Crippen LogP contribution in [0.2, 0.25) is 0 Å². The van der Waals surface area contributed by atoms with Gasteiger partial charge in [-0.3, -0.25) is 4.79 Å². The van der Waals surface area contributed by atoms with Crippen molar-refractivity contribution >= 4 is 22.8 Å². The van der Waals surface area contributed by atoms with Crippen molar-refractivity contribution in [2.75, 3.05) is 0 Å². The van der Waals surface area contributed by atoms with Gasteiger partial charge in [-0.15, -0.1) is 0 Å². The molecule has 0 spiro atoms. The second kappa shape index (κ2) is 10.7. The van der Waals surface area contributed by atoms with Crippen LogP contribution in [0.5, 0.6) is 0 Å². The Morgan fingerprint density at radius 1 is 1.00 bits per heavy atom. The molecule has 0 aliphatic heterocycles. The normalized spacial score (nSPS) is 14.6. The van der Waals surface area contributed by atoms with Crippen molar-refractivity contribution in [3.63, 3.8) is 0 Å². The molecule has 29 heavy (non-hydrogen) atoms. The molecule has 2 aromatic carbocycles. The van der Waals surface area contributed by atoms with Gasteiger partial charge >= 0.3 is 0 Å². The van der Waals surface area contributed by atoms with Gasteiger partial charge in [0.05, 0.1) is 15.7 Å². The Kier molecular flexibility index (Phi) is 8.54. The minimum absolute atomic E-state index is 0.0883. The van der Waals surface area contributed by atoms with Gasteiger partial charge in [-0.2, -0.15) is 0 Å². The molecule has 0 bridgehead atoms. The minimum Gasteiger partial charge on any atom is -0.294 e. The lowest BCUT2D eigenvalue weighted by atomic mass is 9.90. The highest BCUT2D eigenvalue weighted by atomic mass is 32.2. The lowest BCUT2D eigenvalue weighted by Gasteiger charge is -2.26. The van der Waals surface area contributed by atoms with Crippen LogP contribution in [0.3, 0.4) is 0 Å². The molecule has 2 atom stereocenters. The highest BCUT2D eigenvalue weighted by molar-refractivity contribution is 7.84. The third-order valence-corrected chi connectivity index (χ3v) is 6.29. The lowest BCUT2D eigenvalue weighted by molar-refractivity contribution is -0.118. The topological polar surface area (TPSA) is 46.2 Å².